The van der Waals surface area contributed by atoms with Crippen molar-refractivity contribution in [3.63, 3.8) is 0 Å². The molecule has 4 rings (SSSR count). The summed E-state index contributed by atoms with van der Waals surface area (Å²) in [5.41, 5.74) is 2.31. The van der Waals surface area contributed by atoms with Crippen LogP contribution in [-0.2, 0) is 39.3 Å². The van der Waals surface area contributed by atoms with Crippen molar-refractivity contribution in [3.8, 4) is 0 Å². The molecule has 3 aromatic rings. The Labute approximate surface area is 227 Å². The highest BCUT2D eigenvalue weighted by Gasteiger charge is 2.31. The van der Waals surface area contributed by atoms with Gasteiger partial charge in [0.05, 0.1) is 12.9 Å². The van der Waals surface area contributed by atoms with Crippen molar-refractivity contribution in [2.24, 2.45) is 0 Å². The molecule has 208 valence electrons. The van der Waals surface area contributed by atoms with Crippen molar-refractivity contribution in [1.82, 2.24) is 20.2 Å². The minimum absolute atomic E-state index is 0.0919. The Morgan fingerprint density at radius 1 is 1.23 bits per heavy atom. The molecule has 8 nitrogen and oxygen atoms in total. The van der Waals surface area contributed by atoms with Crippen LogP contribution < -0.4 is 16.0 Å². The topological polar surface area (TPSA) is 97.3 Å². The normalized spacial score (nSPS) is 15.9. The summed E-state index contributed by atoms with van der Waals surface area (Å²) in [6.45, 7) is 6.04. The number of rotatable bonds is 10. The van der Waals surface area contributed by atoms with Crippen LogP contribution in [0.1, 0.15) is 42.5 Å². The number of methoxy groups -OCH3 is 1. The number of halogens is 2. The molecule has 0 fully saturated rings. The molecular weight excluding hydrogens is 504 g/mol. The fourth-order valence-electron chi connectivity index (χ4n) is 4.80. The summed E-state index contributed by atoms with van der Waals surface area (Å²) in [6, 6.07) is 9.21. The molecule has 1 heterocycles. The van der Waals surface area contributed by atoms with Gasteiger partial charge in [-0.05, 0) is 68.4 Å². The second-order valence-corrected chi connectivity index (χ2v) is 10.5. The minimum atomic E-state index is -0.956. The number of benzene rings is 2. The molecule has 39 heavy (non-hydrogen) atoms. The Balaban J connectivity index is 1.37. The predicted molar refractivity (Wildman–Crippen MR) is 144 cm³/mol. The van der Waals surface area contributed by atoms with Crippen LogP contribution in [0, 0.1) is 18.6 Å². The molecule has 1 aromatic heterocycles. The third kappa shape index (κ3) is 6.69. The second kappa shape index (κ2) is 12.0. The number of carbonyl (C=O) groups is 2. The first kappa shape index (κ1) is 28.4. The number of fused-ring (bicyclic) bond motifs is 1. The molecule has 2 amide bonds. The summed E-state index contributed by atoms with van der Waals surface area (Å²) in [5, 5.41) is 9.01. The molecule has 1 unspecified atom stereocenters. The zero-order valence-corrected chi connectivity index (χ0v) is 22.7. The van der Waals surface area contributed by atoms with Crippen LogP contribution in [0.2, 0.25) is 0 Å². The first-order valence-corrected chi connectivity index (χ1v) is 13.0. The molecular formula is C29H35F2N5O3. The highest BCUT2D eigenvalue weighted by molar-refractivity contribution is 5.94. The quantitative estimate of drug-likeness (QED) is 0.366. The third-order valence-electron chi connectivity index (χ3n) is 7.29. The van der Waals surface area contributed by atoms with Gasteiger partial charge in [0, 0.05) is 32.0 Å². The number of ether oxygens (including phenoxy) is 1. The van der Waals surface area contributed by atoms with E-state index in [0.717, 1.165) is 17.2 Å². The van der Waals surface area contributed by atoms with Crippen LogP contribution in [0.4, 0.5) is 14.6 Å². The van der Waals surface area contributed by atoms with E-state index in [4.69, 9.17) is 4.74 Å². The van der Waals surface area contributed by atoms with Gasteiger partial charge in [-0.2, -0.15) is 0 Å². The Morgan fingerprint density at radius 2 is 2.00 bits per heavy atom. The maximum Gasteiger partial charge on any atom is 0.245 e. The third-order valence-corrected chi connectivity index (χ3v) is 7.29. The Bertz CT molecular complexity index is 1340. The Hall–Kier alpha value is -3.63. The van der Waals surface area contributed by atoms with Crippen LogP contribution >= 0.6 is 0 Å². The van der Waals surface area contributed by atoms with Crippen molar-refractivity contribution in [2.75, 3.05) is 19.0 Å². The van der Waals surface area contributed by atoms with Gasteiger partial charge in [-0.25, -0.2) is 13.8 Å². The zero-order chi connectivity index (χ0) is 28.2. The van der Waals surface area contributed by atoms with E-state index in [9.17, 15) is 18.4 Å². The fraction of sp³-hybridized carbons (Fsp3) is 0.414. The van der Waals surface area contributed by atoms with Crippen LogP contribution in [0.25, 0.3) is 0 Å². The van der Waals surface area contributed by atoms with Gasteiger partial charge >= 0.3 is 0 Å². The van der Waals surface area contributed by atoms with Gasteiger partial charge < -0.3 is 25.3 Å². The maximum atomic E-state index is 14.3. The van der Waals surface area contributed by atoms with E-state index < -0.39 is 23.2 Å². The van der Waals surface area contributed by atoms with Gasteiger partial charge in [-0.3, -0.25) is 9.59 Å². The summed E-state index contributed by atoms with van der Waals surface area (Å²) in [6.07, 6.45) is 4.59. The van der Waals surface area contributed by atoms with Crippen molar-refractivity contribution in [3.05, 3.63) is 82.8 Å². The van der Waals surface area contributed by atoms with Crippen molar-refractivity contribution >= 4 is 17.6 Å². The van der Waals surface area contributed by atoms with E-state index in [-0.39, 0.29) is 30.3 Å². The minimum Gasteiger partial charge on any atom is -0.383 e. The number of aryl methyl sites for hydroxylation is 2. The van der Waals surface area contributed by atoms with E-state index in [1.54, 1.807) is 24.6 Å². The lowest BCUT2D eigenvalue weighted by Crippen LogP contribution is -2.50. The molecule has 3 N–H and O–H groups in total. The van der Waals surface area contributed by atoms with Crippen LogP contribution in [0.15, 0.2) is 48.9 Å². The average molecular weight is 540 g/mol. The smallest absolute Gasteiger partial charge is 0.245 e. The largest absolute Gasteiger partial charge is 0.383 e. The average Bonchev–Trinajstić information content (AvgIpc) is 3.37. The van der Waals surface area contributed by atoms with Crippen molar-refractivity contribution in [2.45, 2.75) is 64.2 Å². The number of nitrogens with one attached hydrogen (secondary N) is 3. The first-order valence-electron chi connectivity index (χ1n) is 13.0. The number of aromatic nitrogens is 2. The molecule has 0 radical (unpaired) electrons. The first-order chi connectivity index (χ1) is 18.6. The summed E-state index contributed by atoms with van der Waals surface area (Å²) in [5.74, 6) is -1.42. The van der Waals surface area contributed by atoms with Crippen LogP contribution in [-0.4, -0.2) is 47.2 Å². The van der Waals surface area contributed by atoms with E-state index >= 15 is 0 Å². The predicted octanol–water partition coefficient (Wildman–Crippen LogP) is 3.62. The summed E-state index contributed by atoms with van der Waals surface area (Å²) in [7, 11) is 1.49. The van der Waals surface area contributed by atoms with E-state index in [1.165, 1.54) is 19.5 Å². The summed E-state index contributed by atoms with van der Waals surface area (Å²) in [4.78, 5) is 30.4. The molecule has 10 heteroatoms. The number of carbonyl (C=O) groups excluding carboxylic acids is 2. The van der Waals surface area contributed by atoms with Gasteiger partial charge in [0.1, 0.15) is 23.2 Å². The SMILES string of the molecule is COC[C@H](NC1CCc2cc(F)cc(F)c2C1)C(=O)Nc1cn(C(C)(C)C(=O)NCc2ccccc2C)cn1. The van der Waals surface area contributed by atoms with Crippen LogP contribution in [0.5, 0.6) is 0 Å². The fourth-order valence-corrected chi connectivity index (χ4v) is 4.80. The van der Waals surface area contributed by atoms with Crippen molar-refractivity contribution in [1.29, 1.82) is 0 Å². The molecule has 0 saturated carbocycles. The molecule has 1 aliphatic rings. The molecule has 0 spiro atoms. The van der Waals surface area contributed by atoms with Gasteiger partial charge in [-0.15, -0.1) is 0 Å². The highest BCUT2D eigenvalue weighted by atomic mass is 19.1. The number of imidazole rings is 1. The number of hydrogen-bond donors (Lipinski definition) is 3. The molecule has 0 aliphatic heterocycles. The van der Waals surface area contributed by atoms with E-state index in [1.807, 2.05) is 31.2 Å². The van der Waals surface area contributed by atoms with Gasteiger partial charge in [-0.1, -0.05) is 24.3 Å². The Morgan fingerprint density at radius 3 is 2.74 bits per heavy atom. The van der Waals surface area contributed by atoms with Crippen molar-refractivity contribution < 1.29 is 23.1 Å². The number of hydrogen-bond acceptors (Lipinski definition) is 5. The summed E-state index contributed by atoms with van der Waals surface area (Å²) < 4.78 is 34.8. The molecule has 0 bridgehead atoms. The van der Waals surface area contributed by atoms with Gasteiger partial charge in [0.15, 0.2) is 5.82 Å². The van der Waals surface area contributed by atoms with Gasteiger partial charge in [0.25, 0.3) is 0 Å². The van der Waals surface area contributed by atoms with Crippen LogP contribution in [0.3, 0.4) is 0 Å². The molecule has 0 saturated heterocycles. The van der Waals surface area contributed by atoms with Gasteiger partial charge in [0.2, 0.25) is 11.8 Å². The lowest BCUT2D eigenvalue weighted by atomic mass is 9.87. The summed E-state index contributed by atoms with van der Waals surface area (Å²) >= 11 is 0. The second-order valence-electron chi connectivity index (χ2n) is 10.5. The number of anilines is 1. The van der Waals surface area contributed by atoms with E-state index in [2.05, 4.69) is 20.9 Å². The lowest BCUT2D eigenvalue weighted by molar-refractivity contribution is -0.128. The number of nitrogens with zero attached hydrogens (tertiary/aromatic N) is 2. The zero-order valence-electron chi connectivity index (χ0n) is 22.7. The monoisotopic (exact) mass is 539 g/mol. The molecule has 2 atom stereocenters. The molecule has 2 aromatic carbocycles. The van der Waals surface area contributed by atoms with E-state index in [0.29, 0.717) is 36.9 Å². The molecule has 1 aliphatic carbocycles. The number of amides is 2. The Kier molecular flexibility index (Phi) is 8.76. The standard InChI is InChI=1S/C29H35F2N5O3/c1-18-7-5-6-8-20(18)14-32-28(38)29(2,3)36-15-26(33-17-36)35-27(37)25(16-39-4)34-22-10-9-19-11-21(30)12-24(31)23(19)13-22/h5-8,11-12,15,17,22,25,34H,9-10,13-14,16H2,1-4H3,(H,32,38)(H,35,37)/t22?,25-/m0/s1. The lowest BCUT2D eigenvalue weighted by Gasteiger charge is -2.29. The highest BCUT2D eigenvalue weighted by Crippen LogP contribution is 2.26. The maximum absolute atomic E-state index is 14.3.